The SMILES string of the molecule is Cc1cccc(NC(=O)c2c(C)nc3scnn23)c1. The minimum atomic E-state index is -0.193. The summed E-state index contributed by atoms with van der Waals surface area (Å²) in [6.07, 6.45) is 0. The first kappa shape index (κ1) is 11.9. The first-order chi connectivity index (χ1) is 9.15. The maximum absolute atomic E-state index is 12.3. The highest BCUT2D eigenvalue weighted by Gasteiger charge is 2.18. The van der Waals surface area contributed by atoms with Crippen LogP contribution < -0.4 is 5.32 Å². The molecule has 2 heterocycles. The zero-order chi connectivity index (χ0) is 13.4. The molecule has 1 N–H and O–H groups in total. The summed E-state index contributed by atoms with van der Waals surface area (Å²) in [4.78, 5) is 17.4. The zero-order valence-corrected chi connectivity index (χ0v) is 11.4. The van der Waals surface area contributed by atoms with Gasteiger partial charge in [0.25, 0.3) is 5.91 Å². The molecule has 0 fully saturated rings. The second-order valence-electron chi connectivity index (χ2n) is 4.30. The lowest BCUT2D eigenvalue weighted by atomic mass is 10.2. The van der Waals surface area contributed by atoms with E-state index in [1.54, 1.807) is 10.0 Å². The van der Waals surface area contributed by atoms with E-state index in [0.717, 1.165) is 16.2 Å². The van der Waals surface area contributed by atoms with Crippen molar-refractivity contribution in [1.82, 2.24) is 14.6 Å². The second-order valence-corrected chi connectivity index (χ2v) is 5.11. The third kappa shape index (κ3) is 2.10. The molecule has 6 heteroatoms. The quantitative estimate of drug-likeness (QED) is 0.780. The molecule has 2 aromatic heterocycles. The first-order valence-corrected chi connectivity index (χ1v) is 6.70. The minimum absolute atomic E-state index is 0.193. The molecule has 0 saturated heterocycles. The number of nitrogens with zero attached hydrogens (tertiary/aromatic N) is 3. The summed E-state index contributed by atoms with van der Waals surface area (Å²) in [6.45, 7) is 3.80. The predicted octanol–water partition coefficient (Wildman–Crippen LogP) is 2.66. The van der Waals surface area contributed by atoms with Crippen molar-refractivity contribution in [3.8, 4) is 0 Å². The number of hydrogen-bond donors (Lipinski definition) is 1. The Hall–Kier alpha value is -2.21. The Morgan fingerprint density at radius 1 is 1.37 bits per heavy atom. The number of hydrogen-bond acceptors (Lipinski definition) is 4. The van der Waals surface area contributed by atoms with Gasteiger partial charge in [-0.05, 0) is 31.5 Å². The van der Waals surface area contributed by atoms with Gasteiger partial charge in [-0.3, -0.25) is 4.79 Å². The summed E-state index contributed by atoms with van der Waals surface area (Å²) < 4.78 is 1.57. The lowest BCUT2D eigenvalue weighted by molar-refractivity contribution is 0.102. The molecular weight excluding hydrogens is 260 g/mol. The van der Waals surface area contributed by atoms with Gasteiger partial charge in [0.1, 0.15) is 5.51 Å². The summed E-state index contributed by atoms with van der Waals surface area (Å²) >= 11 is 1.41. The van der Waals surface area contributed by atoms with Gasteiger partial charge < -0.3 is 5.32 Å². The standard InChI is InChI=1S/C13H12N4OS/c1-8-4-3-5-10(6-8)16-12(18)11-9(2)15-13-17(11)14-7-19-13/h3-7H,1-2H3,(H,16,18). The van der Waals surface area contributed by atoms with Crippen molar-refractivity contribution in [2.45, 2.75) is 13.8 Å². The lowest BCUT2D eigenvalue weighted by Gasteiger charge is -2.05. The average Bonchev–Trinajstić information content (AvgIpc) is 2.88. The number of carbonyl (C=O) groups is 1. The van der Waals surface area contributed by atoms with E-state index < -0.39 is 0 Å². The van der Waals surface area contributed by atoms with Crippen LogP contribution in [-0.2, 0) is 0 Å². The number of anilines is 1. The molecule has 1 aromatic carbocycles. The van der Waals surface area contributed by atoms with Gasteiger partial charge in [0, 0.05) is 5.69 Å². The number of aromatic nitrogens is 3. The average molecular weight is 272 g/mol. The monoisotopic (exact) mass is 272 g/mol. The Morgan fingerprint density at radius 3 is 3.00 bits per heavy atom. The van der Waals surface area contributed by atoms with Crippen LogP contribution >= 0.6 is 11.3 Å². The fraction of sp³-hybridized carbons (Fsp3) is 0.154. The van der Waals surface area contributed by atoms with E-state index in [2.05, 4.69) is 15.4 Å². The Bertz CT molecular complexity index is 759. The van der Waals surface area contributed by atoms with Crippen LogP contribution in [0.25, 0.3) is 4.96 Å². The highest BCUT2D eigenvalue weighted by molar-refractivity contribution is 7.14. The van der Waals surface area contributed by atoms with Gasteiger partial charge in [-0.2, -0.15) is 9.61 Å². The summed E-state index contributed by atoms with van der Waals surface area (Å²) in [5.41, 5.74) is 4.71. The van der Waals surface area contributed by atoms with E-state index in [9.17, 15) is 4.79 Å². The normalized spacial score (nSPS) is 10.8. The third-order valence-electron chi connectivity index (χ3n) is 2.81. The fourth-order valence-electron chi connectivity index (χ4n) is 1.97. The van der Waals surface area contributed by atoms with Gasteiger partial charge in [-0.1, -0.05) is 23.5 Å². The van der Waals surface area contributed by atoms with E-state index >= 15 is 0 Å². The summed E-state index contributed by atoms with van der Waals surface area (Å²) in [5.74, 6) is -0.193. The number of amides is 1. The van der Waals surface area contributed by atoms with Crippen molar-refractivity contribution in [2.75, 3.05) is 5.32 Å². The Labute approximate surface area is 113 Å². The van der Waals surface area contributed by atoms with Gasteiger partial charge in [0.15, 0.2) is 5.69 Å². The molecule has 0 bridgehead atoms. The van der Waals surface area contributed by atoms with Crippen molar-refractivity contribution in [2.24, 2.45) is 0 Å². The predicted molar refractivity (Wildman–Crippen MR) is 74.7 cm³/mol. The minimum Gasteiger partial charge on any atom is -0.321 e. The number of aryl methyl sites for hydroxylation is 2. The highest BCUT2D eigenvalue weighted by Crippen LogP contribution is 2.17. The fourth-order valence-corrected chi connectivity index (χ4v) is 2.63. The van der Waals surface area contributed by atoms with Crippen LogP contribution in [0.15, 0.2) is 29.8 Å². The van der Waals surface area contributed by atoms with Crippen LogP contribution in [0.1, 0.15) is 21.7 Å². The van der Waals surface area contributed by atoms with Crippen molar-refractivity contribution in [1.29, 1.82) is 0 Å². The molecule has 3 rings (SSSR count). The summed E-state index contributed by atoms with van der Waals surface area (Å²) in [5, 5.41) is 7.00. The third-order valence-corrected chi connectivity index (χ3v) is 3.49. The Kier molecular flexibility index (Phi) is 2.79. The van der Waals surface area contributed by atoms with Crippen LogP contribution in [0, 0.1) is 13.8 Å². The first-order valence-electron chi connectivity index (χ1n) is 5.82. The molecule has 0 saturated carbocycles. The maximum Gasteiger partial charge on any atom is 0.276 e. The molecule has 96 valence electrons. The van der Waals surface area contributed by atoms with Gasteiger partial charge in [-0.15, -0.1) is 0 Å². The Morgan fingerprint density at radius 2 is 2.21 bits per heavy atom. The van der Waals surface area contributed by atoms with Crippen molar-refractivity contribution in [3.05, 3.63) is 46.7 Å². The molecule has 0 aliphatic rings. The van der Waals surface area contributed by atoms with Crippen molar-refractivity contribution >= 4 is 27.9 Å². The molecule has 5 nitrogen and oxygen atoms in total. The van der Waals surface area contributed by atoms with E-state index in [0.29, 0.717) is 11.4 Å². The number of carbonyl (C=O) groups excluding carboxylic acids is 1. The summed E-state index contributed by atoms with van der Waals surface area (Å²) in [6, 6.07) is 7.68. The number of benzene rings is 1. The molecule has 19 heavy (non-hydrogen) atoms. The topological polar surface area (TPSA) is 59.3 Å². The molecule has 0 radical (unpaired) electrons. The van der Waals surface area contributed by atoms with Gasteiger partial charge in [0.2, 0.25) is 4.96 Å². The molecular formula is C13H12N4OS. The number of imidazole rings is 1. The number of rotatable bonds is 2. The van der Waals surface area contributed by atoms with Crippen LogP contribution in [0.4, 0.5) is 5.69 Å². The molecule has 0 unspecified atom stereocenters. The number of nitrogens with one attached hydrogen (secondary N) is 1. The zero-order valence-electron chi connectivity index (χ0n) is 10.5. The van der Waals surface area contributed by atoms with Crippen LogP contribution in [0.2, 0.25) is 0 Å². The van der Waals surface area contributed by atoms with Crippen molar-refractivity contribution < 1.29 is 4.79 Å². The summed E-state index contributed by atoms with van der Waals surface area (Å²) in [7, 11) is 0. The molecule has 3 aromatic rings. The lowest BCUT2D eigenvalue weighted by Crippen LogP contribution is -2.16. The highest BCUT2D eigenvalue weighted by atomic mass is 32.1. The second kappa shape index (κ2) is 4.47. The van der Waals surface area contributed by atoms with Gasteiger partial charge in [-0.25, -0.2) is 4.98 Å². The molecule has 0 aliphatic heterocycles. The van der Waals surface area contributed by atoms with Crippen LogP contribution in [0.5, 0.6) is 0 Å². The van der Waals surface area contributed by atoms with E-state index in [1.165, 1.54) is 11.3 Å². The smallest absolute Gasteiger partial charge is 0.276 e. The van der Waals surface area contributed by atoms with Gasteiger partial charge in [0.05, 0.1) is 5.69 Å². The maximum atomic E-state index is 12.3. The molecule has 0 aliphatic carbocycles. The van der Waals surface area contributed by atoms with Crippen LogP contribution in [-0.4, -0.2) is 20.5 Å². The van der Waals surface area contributed by atoms with E-state index in [1.807, 2.05) is 38.1 Å². The van der Waals surface area contributed by atoms with E-state index in [-0.39, 0.29) is 5.91 Å². The molecule has 0 atom stereocenters. The molecule has 1 amide bonds. The largest absolute Gasteiger partial charge is 0.321 e. The van der Waals surface area contributed by atoms with E-state index in [4.69, 9.17) is 0 Å². The molecule has 0 spiro atoms. The van der Waals surface area contributed by atoms with Crippen molar-refractivity contribution in [3.63, 3.8) is 0 Å². The van der Waals surface area contributed by atoms with Gasteiger partial charge >= 0.3 is 0 Å². The Balaban J connectivity index is 1.96. The number of fused-ring (bicyclic) bond motifs is 1. The van der Waals surface area contributed by atoms with Crippen LogP contribution in [0.3, 0.4) is 0 Å².